The van der Waals surface area contributed by atoms with Gasteiger partial charge >= 0.3 is 11.9 Å². The summed E-state index contributed by atoms with van der Waals surface area (Å²) in [5.74, 6) is -3.99. The molecule has 0 aliphatic rings. The van der Waals surface area contributed by atoms with Crippen molar-refractivity contribution in [2.45, 2.75) is 13.8 Å². The third-order valence-corrected chi connectivity index (χ3v) is 4.39. The summed E-state index contributed by atoms with van der Waals surface area (Å²) in [5.41, 5.74) is 1.98. The zero-order valence-corrected chi connectivity index (χ0v) is 15.5. The molecule has 2 aromatic carbocycles. The molecule has 0 bridgehead atoms. The van der Waals surface area contributed by atoms with Gasteiger partial charge in [0.15, 0.2) is 5.82 Å². The second-order valence-electron chi connectivity index (χ2n) is 6.39. The van der Waals surface area contributed by atoms with Crippen LogP contribution in [0.2, 0.25) is 0 Å². The largest absolute Gasteiger partial charge is 0.478 e. The molecule has 0 unspecified atom stereocenters. The predicted octanol–water partition coefficient (Wildman–Crippen LogP) is 4.52. The highest BCUT2D eigenvalue weighted by Gasteiger charge is 2.16. The molecule has 0 aliphatic heterocycles. The maximum Gasteiger partial charge on any atom is 0.335 e. The van der Waals surface area contributed by atoms with Crippen molar-refractivity contribution < 1.29 is 28.6 Å². The summed E-state index contributed by atoms with van der Waals surface area (Å²) in [7, 11) is 0. The van der Waals surface area contributed by atoms with Crippen LogP contribution in [0.3, 0.4) is 0 Å². The van der Waals surface area contributed by atoms with Gasteiger partial charge in [-0.15, -0.1) is 0 Å². The maximum absolute atomic E-state index is 13.8. The summed E-state index contributed by atoms with van der Waals surface area (Å²) in [6, 6.07) is 8.63. The van der Waals surface area contributed by atoms with Crippen LogP contribution in [0.25, 0.3) is 5.69 Å². The van der Waals surface area contributed by atoms with Crippen molar-refractivity contribution in [1.29, 1.82) is 0 Å². The second-order valence-corrected chi connectivity index (χ2v) is 6.39. The Morgan fingerprint density at radius 3 is 2.14 bits per heavy atom. The Kier molecular flexibility index (Phi) is 5.27. The Morgan fingerprint density at radius 1 is 0.966 bits per heavy atom. The standard InChI is InChI=1S/C21H16F2N2O4/c1-11-5-15(10-24-19-4-3-16(22)9-18(19)23)12(2)25(11)17-7-13(20(26)27)6-14(8-17)21(28)29/h3-10H,1-2H3,(H,26,27)(H,28,29). The number of aliphatic imine (C=N–C) groups is 1. The van der Waals surface area contributed by atoms with Gasteiger partial charge in [0.2, 0.25) is 0 Å². The molecule has 2 N–H and O–H groups in total. The molecule has 0 saturated heterocycles. The lowest BCUT2D eigenvalue weighted by Crippen LogP contribution is -2.07. The molecule has 0 amide bonds. The highest BCUT2D eigenvalue weighted by Crippen LogP contribution is 2.24. The zero-order valence-electron chi connectivity index (χ0n) is 15.5. The predicted molar refractivity (Wildman–Crippen MR) is 103 cm³/mol. The monoisotopic (exact) mass is 398 g/mol. The Balaban J connectivity index is 2.07. The number of aromatic carboxylic acids is 2. The van der Waals surface area contributed by atoms with Gasteiger partial charge in [-0.05, 0) is 50.2 Å². The summed E-state index contributed by atoms with van der Waals surface area (Å²) in [5, 5.41) is 18.6. The second kappa shape index (κ2) is 7.67. The number of aromatic nitrogens is 1. The molecule has 6 nitrogen and oxygen atoms in total. The molecule has 3 aromatic rings. The number of carbonyl (C=O) groups is 2. The Morgan fingerprint density at radius 2 is 1.59 bits per heavy atom. The average Bonchev–Trinajstić information content (AvgIpc) is 2.94. The molecule has 0 atom stereocenters. The summed E-state index contributed by atoms with van der Waals surface area (Å²) in [6.45, 7) is 3.50. The minimum absolute atomic E-state index is 0.0303. The van der Waals surface area contributed by atoms with Crippen LogP contribution in [0.5, 0.6) is 0 Å². The van der Waals surface area contributed by atoms with E-state index in [2.05, 4.69) is 4.99 Å². The third-order valence-electron chi connectivity index (χ3n) is 4.39. The number of hydrogen-bond acceptors (Lipinski definition) is 3. The first-order chi connectivity index (χ1) is 13.7. The molecule has 0 radical (unpaired) electrons. The Hall–Kier alpha value is -3.81. The van der Waals surface area contributed by atoms with Gasteiger partial charge in [0.25, 0.3) is 0 Å². The number of hydrogen-bond donors (Lipinski definition) is 2. The minimum atomic E-state index is -1.25. The molecular formula is C21H16F2N2O4. The Bertz CT molecular complexity index is 1130. The van der Waals surface area contributed by atoms with E-state index in [4.69, 9.17) is 0 Å². The summed E-state index contributed by atoms with van der Waals surface area (Å²) in [6.07, 6.45) is 1.41. The zero-order chi connectivity index (χ0) is 21.3. The van der Waals surface area contributed by atoms with E-state index in [-0.39, 0.29) is 16.8 Å². The van der Waals surface area contributed by atoms with Crippen molar-refractivity contribution in [3.05, 3.63) is 82.2 Å². The van der Waals surface area contributed by atoms with E-state index in [0.717, 1.165) is 18.2 Å². The van der Waals surface area contributed by atoms with Crippen LogP contribution in [-0.2, 0) is 0 Å². The van der Waals surface area contributed by atoms with E-state index >= 15 is 0 Å². The lowest BCUT2D eigenvalue weighted by Gasteiger charge is -2.12. The van der Waals surface area contributed by atoms with Gasteiger partial charge in [-0.3, -0.25) is 4.99 Å². The highest BCUT2D eigenvalue weighted by molar-refractivity contribution is 5.95. The van der Waals surface area contributed by atoms with E-state index in [1.54, 1.807) is 24.5 Å². The first-order valence-corrected chi connectivity index (χ1v) is 8.47. The van der Waals surface area contributed by atoms with Gasteiger partial charge in [0.05, 0.1) is 16.8 Å². The van der Waals surface area contributed by atoms with Crippen LogP contribution in [0.1, 0.15) is 37.7 Å². The SMILES string of the molecule is Cc1cc(C=Nc2ccc(F)cc2F)c(C)n1-c1cc(C(=O)O)cc(C(=O)O)c1. The molecular weight excluding hydrogens is 382 g/mol. The van der Waals surface area contributed by atoms with Crippen molar-refractivity contribution in [1.82, 2.24) is 4.57 Å². The fourth-order valence-corrected chi connectivity index (χ4v) is 3.03. The van der Waals surface area contributed by atoms with Crippen molar-refractivity contribution in [2.75, 3.05) is 0 Å². The van der Waals surface area contributed by atoms with Gasteiger partial charge in [-0.1, -0.05) is 0 Å². The van der Waals surface area contributed by atoms with Crippen LogP contribution in [0.15, 0.2) is 47.5 Å². The minimum Gasteiger partial charge on any atom is -0.478 e. The molecule has 8 heteroatoms. The first-order valence-electron chi connectivity index (χ1n) is 8.47. The van der Waals surface area contributed by atoms with E-state index in [9.17, 15) is 28.6 Å². The van der Waals surface area contributed by atoms with Crippen LogP contribution in [0.4, 0.5) is 14.5 Å². The maximum atomic E-state index is 13.8. The highest BCUT2D eigenvalue weighted by atomic mass is 19.1. The van der Waals surface area contributed by atoms with Gasteiger partial charge in [-0.25, -0.2) is 18.4 Å². The van der Waals surface area contributed by atoms with Gasteiger partial charge in [0.1, 0.15) is 5.82 Å². The lowest BCUT2D eigenvalue weighted by atomic mass is 10.1. The number of benzene rings is 2. The third kappa shape index (κ3) is 4.06. The van der Waals surface area contributed by atoms with Crippen LogP contribution in [-0.4, -0.2) is 32.9 Å². The van der Waals surface area contributed by atoms with Gasteiger partial charge in [-0.2, -0.15) is 0 Å². The van der Waals surface area contributed by atoms with E-state index in [1.165, 1.54) is 24.4 Å². The molecule has 0 fully saturated rings. The van der Waals surface area contributed by atoms with Crippen LogP contribution < -0.4 is 0 Å². The van der Waals surface area contributed by atoms with Crippen LogP contribution >= 0.6 is 0 Å². The average molecular weight is 398 g/mol. The smallest absolute Gasteiger partial charge is 0.335 e. The molecule has 148 valence electrons. The lowest BCUT2D eigenvalue weighted by molar-refractivity contribution is 0.0696. The van der Waals surface area contributed by atoms with Crippen LogP contribution in [0, 0.1) is 25.5 Å². The van der Waals surface area contributed by atoms with Crippen molar-refractivity contribution >= 4 is 23.8 Å². The number of rotatable bonds is 5. The topological polar surface area (TPSA) is 91.9 Å². The molecule has 0 aliphatic carbocycles. The summed E-state index contributed by atoms with van der Waals surface area (Å²) >= 11 is 0. The molecule has 3 rings (SSSR count). The van der Waals surface area contributed by atoms with E-state index in [0.29, 0.717) is 22.6 Å². The molecule has 0 spiro atoms. The van der Waals surface area contributed by atoms with Gasteiger partial charge in [0, 0.05) is 34.9 Å². The number of carboxylic acids is 2. The number of carboxylic acid groups (broad SMARTS) is 2. The number of aryl methyl sites for hydroxylation is 1. The Labute approximate surface area is 164 Å². The first kappa shape index (κ1) is 19.9. The normalized spacial score (nSPS) is 11.2. The van der Waals surface area contributed by atoms with Crippen molar-refractivity contribution in [2.24, 2.45) is 4.99 Å². The summed E-state index contributed by atoms with van der Waals surface area (Å²) < 4.78 is 28.5. The summed E-state index contributed by atoms with van der Waals surface area (Å²) in [4.78, 5) is 26.8. The molecule has 29 heavy (non-hydrogen) atoms. The molecule has 1 heterocycles. The fraction of sp³-hybridized carbons (Fsp3) is 0.0952. The van der Waals surface area contributed by atoms with Crippen molar-refractivity contribution in [3.63, 3.8) is 0 Å². The number of nitrogens with zero attached hydrogens (tertiary/aromatic N) is 2. The molecule has 0 saturated carbocycles. The van der Waals surface area contributed by atoms with E-state index < -0.39 is 23.6 Å². The van der Waals surface area contributed by atoms with Crippen molar-refractivity contribution in [3.8, 4) is 5.69 Å². The molecule has 1 aromatic heterocycles. The quantitative estimate of drug-likeness (QED) is 0.618. The van der Waals surface area contributed by atoms with E-state index in [1.807, 2.05) is 0 Å². The fourth-order valence-electron chi connectivity index (χ4n) is 3.03. The number of halogens is 2. The van der Waals surface area contributed by atoms with Gasteiger partial charge < -0.3 is 14.8 Å².